The highest BCUT2D eigenvalue weighted by molar-refractivity contribution is 7.92. The second-order valence-electron chi connectivity index (χ2n) is 4.18. The monoisotopic (exact) mass is 379 g/mol. The number of benzene rings is 2. The summed E-state index contributed by atoms with van der Waals surface area (Å²) in [5.74, 6) is -1.27. The van der Waals surface area contributed by atoms with E-state index in [1.807, 2.05) is 0 Å². The van der Waals surface area contributed by atoms with Crippen LogP contribution in [0.3, 0.4) is 0 Å². The van der Waals surface area contributed by atoms with Gasteiger partial charge in [-0.05, 0) is 36.4 Å². The number of rotatable bonds is 4. The van der Waals surface area contributed by atoms with Gasteiger partial charge >= 0.3 is 5.97 Å². The first-order valence-electron chi connectivity index (χ1n) is 5.71. The molecule has 2 rings (SSSR count). The Morgan fingerprint density at radius 2 is 1.64 bits per heavy atom. The van der Waals surface area contributed by atoms with Crippen LogP contribution in [-0.4, -0.2) is 19.5 Å². The maximum atomic E-state index is 12.4. The van der Waals surface area contributed by atoms with Crippen molar-refractivity contribution in [2.45, 2.75) is 4.90 Å². The zero-order valence-electron chi connectivity index (χ0n) is 10.7. The second-order valence-corrected chi connectivity index (χ2v) is 7.08. The van der Waals surface area contributed by atoms with Crippen LogP contribution in [0, 0.1) is 0 Å². The SMILES string of the molecule is O=C(O)c1ccc(Cl)c(S(=O)(=O)Nc2cc(Cl)ccc2Cl)c1. The summed E-state index contributed by atoms with van der Waals surface area (Å²) in [4.78, 5) is 10.6. The van der Waals surface area contributed by atoms with Gasteiger partial charge in [-0.2, -0.15) is 0 Å². The predicted octanol–water partition coefficient (Wildman–Crippen LogP) is 4.15. The number of carbonyl (C=O) groups is 1. The van der Waals surface area contributed by atoms with Crippen LogP contribution in [-0.2, 0) is 10.0 Å². The van der Waals surface area contributed by atoms with Crippen molar-refractivity contribution in [2.24, 2.45) is 0 Å². The molecule has 0 saturated heterocycles. The van der Waals surface area contributed by atoms with E-state index >= 15 is 0 Å². The summed E-state index contributed by atoms with van der Waals surface area (Å²) in [6.07, 6.45) is 0. The first-order chi connectivity index (χ1) is 10.2. The molecule has 2 N–H and O–H groups in total. The largest absolute Gasteiger partial charge is 0.478 e. The number of hydrogen-bond donors (Lipinski definition) is 2. The molecule has 0 aliphatic carbocycles. The molecule has 2 aromatic carbocycles. The van der Waals surface area contributed by atoms with Gasteiger partial charge in [0.15, 0.2) is 0 Å². The molecule has 0 saturated carbocycles. The van der Waals surface area contributed by atoms with Crippen LogP contribution in [0.1, 0.15) is 10.4 Å². The van der Waals surface area contributed by atoms with E-state index in [-0.39, 0.29) is 31.2 Å². The molecule has 0 aromatic heterocycles. The Balaban J connectivity index is 2.49. The molecule has 0 aliphatic heterocycles. The molecular weight excluding hydrogens is 373 g/mol. The van der Waals surface area contributed by atoms with Crippen molar-refractivity contribution in [3.05, 3.63) is 57.0 Å². The third-order valence-corrected chi connectivity index (χ3v) is 5.05. The molecule has 2 aromatic rings. The fourth-order valence-electron chi connectivity index (χ4n) is 1.62. The van der Waals surface area contributed by atoms with Crippen molar-refractivity contribution in [2.75, 3.05) is 4.72 Å². The molecule has 0 fully saturated rings. The quantitative estimate of drug-likeness (QED) is 0.835. The first-order valence-corrected chi connectivity index (χ1v) is 8.33. The fraction of sp³-hybridized carbons (Fsp3) is 0. The number of sulfonamides is 1. The lowest BCUT2D eigenvalue weighted by Gasteiger charge is -2.11. The lowest BCUT2D eigenvalue weighted by Crippen LogP contribution is -2.14. The average Bonchev–Trinajstić information content (AvgIpc) is 2.42. The van der Waals surface area contributed by atoms with Crippen LogP contribution in [0.2, 0.25) is 15.1 Å². The summed E-state index contributed by atoms with van der Waals surface area (Å²) in [7, 11) is -4.13. The smallest absolute Gasteiger partial charge is 0.335 e. The van der Waals surface area contributed by atoms with Crippen LogP contribution in [0.25, 0.3) is 0 Å². The Labute approximate surface area is 141 Å². The van der Waals surface area contributed by atoms with E-state index in [0.29, 0.717) is 0 Å². The zero-order chi connectivity index (χ0) is 16.5. The summed E-state index contributed by atoms with van der Waals surface area (Å²) >= 11 is 17.5. The highest BCUT2D eigenvalue weighted by atomic mass is 35.5. The van der Waals surface area contributed by atoms with Gasteiger partial charge in [-0.15, -0.1) is 0 Å². The van der Waals surface area contributed by atoms with Crippen molar-refractivity contribution in [1.29, 1.82) is 0 Å². The Kier molecular flexibility index (Phi) is 4.87. The van der Waals surface area contributed by atoms with Crippen molar-refractivity contribution in [3.8, 4) is 0 Å². The van der Waals surface area contributed by atoms with Gasteiger partial charge in [0.2, 0.25) is 0 Å². The van der Waals surface area contributed by atoms with Gasteiger partial charge in [0, 0.05) is 5.02 Å². The molecule has 116 valence electrons. The number of nitrogens with one attached hydrogen (secondary N) is 1. The van der Waals surface area contributed by atoms with Gasteiger partial charge in [0.25, 0.3) is 10.0 Å². The molecule has 0 atom stereocenters. The lowest BCUT2D eigenvalue weighted by atomic mass is 10.2. The number of carboxylic acid groups (broad SMARTS) is 1. The minimum absolute atomic E-state index is 0.0611. The molecule has 5 nitrogen and oxygen atoms in total. The van der Waals surface area contributed by atoms with E-state index in [2.05, 4.69) is 4.72 Å². The van der Waals surface area contributed by atoms with Crippen LogP contribution >= 0.6 is 34.8 Å². The third-order valence-electron chi connectivity index (χ3n) is 2.64. The molecule has 0 amide bonds. The maximum absolute atomic E-state index is 12.4. The number of aromatic carboxylic acids is 1. The van der Waals surface area contributed by atoms with Gasteiger partial charge in [0.1, 0.15) is 4.90 Å². The molecule has 0 unspecified atom stereocenters. The Bertz CT molecular complexity index is 852. The Morgan fingerprint density at radius 1 is 1.00 bits per heavy atom. The van der Waals surface area contributed by atoms with E-state index in [9.17, 15) is 13.2 Å². The number of halogens is 3. The molecular formula is C13H8Cl3NO4S. The molecule has 9 heteroatoms. The molecule has 0 spiro atoms. The minimum Gasteiger partial charge on any atom is -0.478 e. The first kappa shape index (κ1) is 16.9. The number of hydrogen-bond acceptors (Lipinski definition) is 3. The second kappa shape index (κ2) is 6.34. The molecule has 22 heavy (non-hydrogen) atoms. The van der Waals surface area contributed by atoms with E-state index in [1.54, 1.807) is 0 Å². The van der Waals surface area contributed by atoms with Crippen LogP contribution in [0.5, 0.6) is 0 Å². The van der Waals surface area contributed by atoms with Gasteiger partial charge < -0.3 is 5.11 Å². The van der Waals surface area contributed by atoms with Crippen molar-refractivity contribution < 1.29 is 18.3 Å². The van der Waals surface area contributed by atoms with Gasteiger partial charge in [-0.3, -0.25) is 4.72 Å². The Hall–Kier alpha value is -1.47. The van der Waals surface area contributed by atoms with Crippen LogP contribution in [0.4, 0.5) is 5.69 Å². The molecule has 0 bridgehead atoms. The number of anilines is 1. The summed E-state index contributed by atoms with van der Waals surface area (Å²) < 4.78 is 27.0. The highest BCUT2D eigenvalue weighted by Crippen LogP contribution is 2.30. The molecule has 0 aliphatic rings. The van der Waals surface area contributed by atoms with Crippen molar-refractivity contribution in [3.63, 3.8) is 0 Å². The maximum Gasteiger partial charge on any atom is 0.335 e. The van der Waals surface area contributed by atoms with E-state index in [0.717, 1.165) is 6.07 Å². The Morgan fingerprint density at radius 3 is 2.27 bits per heavy atom. The van der Waals surface area contributed by atoms with Crippen LogP contribution in [0.15, 0.2) is 41.3 Å². The van der Waals surface area contributed by atoms with Gasteiger partial charge in [0.05, 0.1) is 21.3 Å². The summed E-state index contributed by atoms with van der Waals surface area (Å²) in [5.41, 5.74) is -0.145. The summed E-state index contributed by atoms with van der Waals surface area (Å²) in [6, 6.07) is 7.62. The minimum atomic E-state index is -4.13. The molecule has 0 radical (unpaired) electrons. The average molecular weight is 381 g/mol. The standard InChI is InChI=1S/C13H8Cl3NO4S/c14-8-2-4-9(15)11(6-8)17-22(20,21)12-5-7(13(18)19)1-3-10(12)16/h1-6,17H,(H,18,19). The van der Waals surface area contributed by atoms with E-state index < -0.39 is 16.0 Å². The van der Waals surface area contributed by atoms with Crippen molar-refractivity contribution >= 4 is 56.5 Å². The predicted molar refractivity (Wildman–Crippen MR) is 85.7 cm³/mol. The fourth-order valence-corrected chi connectivity index (χ4v) is 3.61. The van der Waals surface area contributed by atoms with Gasteiger partial charge in [-0.25, -0.2) is 13.2 Å². The highest BCUT2D eigenvalue weighted by Gasteiger charge is 2.21. The van der Waals surface area contributed by atoms with E-state index in [1.165, 1.54) is 30.3 Å². The van der Waals surface area contributed by atoms with E-state index in [4.69, 9.17) is 39.9 Å². The lowest BCUT2D eigenvalue weighted by molar-refractivity contribution is 0.0696. The topological polar surface area (TPSA) is 83.5 Å². The van der Waals surface area contributed by atoms with Crippen LogP contribution < -0.4 is 4.72 Å². The number of carboxylic acids is 1. The normalized spacial score (nSPS) is 11.2. The van der Waals surface area contributed by atoms with Crippen molar-refractivity contribution in [1.82, 2.24) is 0 Å². The third kappa shape index (κ3) is 3.64. The zero-order valence-corrected chi connectivity index (χ0v) is 13.8. The van der Waals surface area contributed by atoms with Gasteiger partial charge in [-0.1, -0.05) is 34.8 Å². The summed E-state index contributed by atoms with van der Waals surface area (Å²) in [5, 5.41) is 9.25. The molecule has 0 heterocycles. The summed E-state index contributed by atoms with van der Waals surface area (Å²) in [6.45, 7) is 0.